The Labute approximate surface area is 152 Å². The Bertz CT molecular complexity index is 717. The van der Waals surface area contributed by atoms with Gasteiger partial charge < -0.3 is 4.90 Å². The SMILES string of the molecule is O=C(CSc1nnnn1-c1ccccc1)N1CCC[C@@H]2CCCC[C@H]21. The van der Waals surface area contributed by atoms with Gasteiger partial charge in [-0.15, -0.1) is 5.10 Å². The second-order valence-corrected chi connectivity index (χ2v) is 7.78. The molecule has 0 radical (unpaired) electrons. The fourth-order valence-electron chi connectivity index (χ4n) is 4.14. The lowest BCUT2D eigenvalue weighted by Gasteiger charge is -2.44. The molecule has 132 valence electrons. The summed E-state index contributed by atoms with van der Waals surface area (Å²) in [5.74, 6) is 1.34. The van der Waals surface area contributed by atoms with Crippen LogP contribution in [0.5, 0.6) is 0 Å². The van der Waals surface area contributed by atoms with Crippen LogP contribution in [-0.2, 0) is 4.79 Å². The molecule has 0 bridgehead atoms. The van der Waals surface area contributed by atoms with E-state index in [1.165, 1.54) is 43.9 Å². The smallest absolute Gasteiger partial charge is 0.233 e. The summed E-state index contributed by atoms with van der Waals surface area (Å²) in [6.45, 7) is 0.907. The maximum atomic E-state index is 12.8. The van der Waals surface area contributed by atoms with Crippen molar-refractivity contribution in [3.05, 3.63) is 30.3 Å². The number of rotatable bonds is 4. The third-order valence-electron chi connectivity index (χ3n) is 5.33. The van der Waals surface area contributed by atoms with Crippen LogP contribution in [0.1, 0.15) is 38.5 Å². The summed E-state index contributed by atoms with van der Waals surface area (Å²) in [5, 5.41) is 12.6. The Kier molecular flexibility index (Phi) is 5.01. The number of fused-ring (bicyclic) bond motifs is 1. The van der Waals surface area contributed by atoms with E-state index >= 15 is 0 Å². The van der Waals surface area contributed by atoms with E-state index in [1.54, 1.807) is 4.68 Å². The number of likely N-dealkylation sites (tertiary alicyclic amines) is 1. The minimum absolute atomic E-state index is 0.226. The molecular weight excluding hydrogens is 334 g/mol. The van der Waals surface area contributed by atoms with Crippen LogP contribution in [0.3, 0.4) is 0 Å². The summed E-state index contributed by atoms with van der Waals surface area (Å²) >= 11 is 1.43. The van der Waals surface area contributed by atoms with E-state index in [2.05, 4.69) is 20.4 Å². The summed E-state index contributed by atoms with van der Waals surface area (Å²) < 4.78 is 1.69. The topological polar surface area (TPSA) is 63.9 Å². The molecule has 1 saturated carbocycles. The third kappa shape index (κ3) is 3.56. The largest absolute Gasteiger partial charge is 0.339 e. The number of piperidine rings is 1. The Morgan fingerprint density at radius 1 is 1.12 bits per heavy atom. The molecule has 2 aliphatic rings. The molecule has 0 unspecified atom stereocenters. The number of carbonyl (C=O) groups is 1. The second-order valence-electron chi connectivity index (χ2n) is 6.84. The lowest BCUT2D eigenvalue weighted by Crippen LogP contribution is -2.50. The van der Waals surface area contributed by atoms with Gasteiger partial charge in [0.2, 0.25) is 11.1 Å². The van der Waals surface area contributed by atoms with E-state index in [0.29, 0.717) is 22.9 Å². The van der Waals surface area contributed by atoms with Crippen LogP contribution in [0.2, 0.25) is 0 Å². The van der Waals surface area contributed by atoms with Gasteiger partial charge in [0, 0.05) is 12.6 Å². The number of hydrogen-bond donors (Lipinski definition) is 0. The first-order chi connectivity index (χ1) is 12.3. The first-order valence-corrected chi connectivity index (χ1v) is 10.1. The van der Waals surface area contributed by atoms with E-state index in [-0.39, 0.29) is 5.91 Å². The van der Waals surface area contributed by atoms with Crippen LogP contribution < -0.4 is 0 Å². The van der Waals surface area contributed by atoms with Crippen molar-refractivity contribution < 1.29 is 4.79 Å². The molecule has 2 aromatic rings. The monoisotopic (exact) mass is 357 g/mol. The van der Waals surface area contributed by atoms with Gasteiger partial charge in [-0.2, -0.15) is 4.68 Å². The molecule has 1 aliphatic heterocycles. The number of hydrogen-bond acceptors (Lipinski definition) is 5. The zero-order valence-corrected chi connectivity index (χ0v) is 15.1. The van der Waals surface area contributed by atoms with Crippen LogP contribution in [0, 0.1) is 5.92 Å². The van der Waals surface area contributed by atoms with Crippen LogP contribution in [-0.4, -0.2) is 49.4 Å². The molecule has 6 nitrogen and oxygen atoms in total. The lowest BCUT2D eigenvalue weighted by atomic mass is 9.78. The average molecular weight is 357 g/mol. The number of amides is 1. The summed E-state index contributed by atoms with van der Waals surface area (Å²) in [5.41, 5.74) is 0.910. The minimum atomic E-state index is 0.226. The first-order valence-electron chi connectivity index (χ1n) is 9.09. The van der Waals surface area contributed by atoms with E-state index in [9.17, 15) is 4.79 Å². The number of para-hydroxylation sites is 1. The zero-order valence-electron chi connectivity index (χ0n) is 14.3. The lowest BCUT2D eigenvalue weighted by molar-refractivity contribution is -0.134. The normalized spacial score (nSPS) is 23.3. The Morgan fingerprint density at radius 3 is 2.80 bits per heavy atom. The molecule has 1 saturated heterocycles. The van der Waals surface area contributed by atoms with Gasteiger partial charge in [-0.1, -0.05) is 42.8 Å². The van der Waals surface area contributed by atoms with Gasteiger partial charge in [0.15, 0.2) is 0 Å². The maximum absolute atomic E-state index is 12.8. The number of tetrazole rings is 1. The van der Waals surface area contributed by atoms with Crippen molar-refractivity contribution in [2.45, 2.75) is 49.7 Å². The van der Waals surface area contributed by atoms with Crippen LogP contribution in [0.15, 0.2) is 35.5 Å². The fraction of sp³-hybridized carbons (Fsp3) is 0.556. The fourth-order valence-corrected chi connectivity index (χ4v) is 4.92. The number of nitrogens with zero attached hydrogens (tertiary/aromatic N) is 5. The van der Waals surface area contributed by atoms with Crippen molar-refractivity contribution in [3.8, 4) is 5.69 Å². The second kappa shape index (κ2) is 7.56. The van der Waals surface area contributed by atoms with E-state index in [0.717, 1.165) is 18.7 Å². The first kappa shape index (κ1) is 16.6. The molecule has 1 aromatic carbocycles. The predicted octanol–water partition coefficient (Wildman–Crippen LogP) is 2.94. The number of carbonyl (C=O) groups excluding carboxylic acids is 1. The molecule has 25 heavy (non-hydrogen) atoms. The summed E-state index contributed by atoms with van der Waals surface area (Å²) in [6, 6.07) is 10.2. The van der Waals surface area contributed by atoms with Gasteiger partial charge in [-0.3, -0.25) is 4.79 Å². The van der Waals surface area contributed by atoms with Gasteiger partial charge in [0.1, 0.15) is 0 Å². The van der Waals surface area contributed by atoms with Gasteiger partial charge in [0.05, 0.1) is 11.4 Å². The van der Waals surface area contributed by atoms with E-state index in [1.807, 2.05) is 30.3 Å². The molecule has 0 N–H and O–H groups in total. The average Bonchev–Trinajstić information content (AvgIpc) is 3.15. The Hall–Kier alpha value is -1.89. The maximum Gasteiger partial charge on any atom is 0.233 e. The molecule has 1 aromatic heterocycles. The number of benzene rings is 1. The molecule has 7 heteroatoms. The van der Waals surface area contributed by atoms with Crippen molar-refractivity contribution in [3.63, 3.8) is 0 Å². The van der Waals surface area contributed by atoms with E-state index < -0.39 is 0 Å². The molecule has 2 heterocycles. The molecule has 1 aliphatic carbocycles. The molecule has 2 fully saturated rings. The molecule has 0 spiro atoms. The Balaban J connectivity index is 1.42. The number of thioether (sulfide) groups is 1. The van der Waals surface area contributed by atoms with Crippen LogP contribution in [0.4, 0.5) is 0 Å². The van der Waals surface area contributed by atoms with Gasteiger partial charge in [0.25, 0.3) is 0 Å². The highest BCUT2D eigenvalue weighted by atomic mass is 32.2. The van der Waals surface area contributed by atoms with Crippen molar-refractivity contribution >= 4 is 17.7 Å². The quantitative estimate of drug-likeness (QED) is 0.787. The third-order valence-corrected chi connectivity index (χ3v) is 6.23. The molecule has 2 atom stereocenters. The van der Waals surface area contributed by atoms with Gasteiger partial charge >= 0.3 is 0 Å². The van der Waals surface area contributed by atoms with Crippen molar-refractivity contribution in [2.75, 3.05) is 12.3 Å². The number of aromatic nitrogens is 4. The minimum Gasteiger partial charge on any atom is -0.339 e. The Morgan fingerprint density at radius 2 is 1.92 bits per heavy atom. The van der Waals surface area contributed by atoms with E-state index in [4.69, 9.17) is 0 Å². The highest BCUT2D eigenvalue weighted by Gasteiger charge is 2.35. The van der Waals surface area contributed by atoms with Crippen molar-refractivity contribution in [1.29, 1.82) is 0 Å². The van der Waals surface area contributed by atoms with Gasteiger partial charge in [-0.25, -0.2) is 0 Å². The summed E-state index contributed by atoms with van der Waals surface area (Å²) in [4.78, 5) is 15.0. The predicted molar refractivity (Wildman–Crippen MR) is 96.6 cm³/mol. The van der Waals surface area contributed by atoms with Crippen molar-refractivity contribution in [2.24, 2.45) is 5.92 Å². The zero-order chi connectivity index (χ0) is 17.1. The molecule has 1 amide bonds. The standard InChI is InChI=1S/C18H23N5OS/c24-17(22-12-6-8-14-7-4-5-11-16(14)22)13-25-18-19-20-21-23(18)15-9-2-1-3-10-15/h1-3,9-10,14,16H,4-8,11-13H2/t14-,16+/m0/s1. The highest BCUT2D eigenvalue weighted by molar-refractivity contribution is 7.99. The highest BCUT2D eigenvalue weighted by Crippen LogP contribution is 2.35. The van der Waals surface area contributed by atoms with Crippen LogP contribution in [0.25, 0.3) is 5.69 Å². The van der Waals surface area contributed by atoms with Crippen LogP contribution >= 0.6 is 11.8 Å². The molecular formula is C18H23N5OS. The van der Waals surface area contributed by atoms with Crippen molar-refractivity contribution in [1.82, 2.24) is 25.1 Å². The van der Waals surface area contributed by atoms with Gasteiger partial charge in [-0.05, 0) is 54.2 Å². The summed E-state index contributed by atoms with van der Waals surface area (Å²) in [7, 11) is 0. The molecule has 4 rings (SSSR count). The summed E-state index contributed by atoms with van der Waals surface area (Å²) in [6.07, 6.45) is 7.46.